The van der Waals surface area contributed by atoms with Gasteiger partial charge in [-0.25, -0.2) is 9.97 Å². The molecule has 5 nitrogen and oxygen atoms in total. The van der Waals surface area contributed by atoms with E-state index in [1.807, 2.05) is 6.20 Å². The average Bonchev–Trinajstić information content (AvgIpc) is 3.08. The highest BCUT2D eigenvalue weighted by molar-refractivity contribution is 9.10. The zero-order chi connectivity index (χ0) is 17.9. The second-order valence-corrected chi connectivity index (χ2v) is 8.55. The van der Waals surface area contributed by atoms with Gasteiger partial charge in [-0.15, -0.1) is 11.3 Å². The fourth-order valence-electron chi connectivity index (χ4n) is 3.12. The smallest absolute Gasteiger partial charge is 0.223 e. The van der Waals surface area contributed by atoms with Crippen LogP contribution in [0.15, 0.2) is 41.0 Å². The van der Waals surface area contributed by atoms with Crippen molar-refractivity contribution in [1.82, 2.24) is 19.8 Å². The summed E-state index contributed by atoms with van der Waals surface area (Å²) in [5.74, 6) is 0.690. The number of thiophene rings is 1. The van der Waals surface area contributed by atoms with Crippen LogP contribution in [0.1, 0.15) is 0 Å². The van der Waals surface area contributed by atoms with E-state index >= 15 is 0 Å². The number of benzene rings is 1. The molecule has 1 fully saturated rings. The molecule has 0 aliphatic carbocycles. The van der Waals surface area contributed by atoms with Gasteiger partial charge in [0.1, 0.15) is 5.69 Å². The highest BCUT2D eigenvalue weighted by atomic mass is 79.9. The molecular formula is C19H22BrN5S. The fourth-order valence-corrected chi connectivity index (χ4v) is 4.72. The van der Waals surface area contributed by atoms with Crippen LogP contribution < -0.4 is 5.32 Å². The Kier molecular flexibility index (Phi) is 5.49. The summed E-state index contributed by atoms with van der Waals surface area (Å²) in [5.41, 5.74) is 0.947. The number of anilines is 1. The number of piperazine rings is 1. The summed E-state index contributed by atoms with van der Waals surface area (Å²) in [6.07, 6.45) is 1.84. The van der Waals surface area contributed by atoms with Gasteiger partial charge in [-0.1, -0.05) is 18.2 Å². The first-order valence-electron chi connectivity index (χ1n) is 8.85. The molecule has 0 amide bonds. The third-order valence-corrected chi connectivity index (χ3v) is 6.41. The summed E-state index contributed by atoms with van der Waals surface area (Å²) in [6.45, 7) is 6.43. The molecule has 3 heterocycles. The van der Waals surface area contributed by atoms with Crippen molar-refractivity contribution in [1.29, 1.82) is 0 Å². The molecule has 0 radical (unpaired) electrons. The Morgan fingerprint density at radius 2 is 2.00 bits per heavy atom. The van der Waals surface area contributed by atoms with Crippen molar-refractivity contribution >= 4 is 43.3 Å². The average molecular weight is 432 g/mol. The van der Waals surface area contributed by atoms with Gasteiger partial charge in [0, 0.05) is 50.2 Å². The van der Waals surface area contributed by atoms with Crippen LogP contribution in [0.25, 0.3) is 20.7 Å². The number of rotatable bonds is 5. The quantitative estimate of drug-likeness (QED) is 0.665. The molecule has 0 unspecified atom stereocenters. The molecule has 4 rings (SSSR count). The predicted molar refractivity (Wildman–Crippen MR) is 113 cm³/mol. The number of nitrogens with zero attached hydrogens (tertiary/aromatic N) is 4. The van der Waals surface area contributed by atoms with Gasteiger partial charge in [-0.3, -0.25) is 4.90 Å². The highest BCUT2D eigenvalue weighted by Gasteiger charge is 2.14. The van der Waals surface area contributed by atoms with Gasteiger partial charge < -0.3 is 10.2 Å². The van der Waals surface area contributed by atoms with E-state index in [9.17, 15) is 0 Å². The van der Waals surface area contributed by atoms with E-state index in [1.54, 1.807) is 11.3 Å². The zero-order valence-corrected chi connectivity index (χ0v) is 17.2. The molecule has 26 heavy (non-hydrogen) atoms. The van der Waals surface area contributed by atoms with Crippen LogP contribution in [-0.4, -0.2) is 66.1 Å². The first-order valence-corrected chi connectivity index (χ1v) is 10.5. The summed E-state index contributed by atoms with van der Waals surface area (Å²) in [7, 11) is 2.18. The van der Waals surface area contributed by atoms with Crippen molar-refractivity contribution in [3.63, 3.8) is 0 Å². The minimum absolute atomic E-state index is 0.690. The molecule has 1 aromatic carbocycles. The highest BCUT2D eigenvalue weighted by Crippen LogP contribution is 2.36. The van der Waals surface area contributed by atoms with Crippen molar-refractivity contribution in [3.8, 4) is 10.6 Å². The maximum atomic E-state index is 4.75. The van der Waals surface area contributed by atoms with Crippen LogP contribution in [0.5, 0.6) is 0 Å². The first kappa shape index (κ1) is 17.9. The monoisotopic (exact) mass is 431 g/mol. The fraction of sp³-hybridized carbons (Fsp3) is 0.368. The summed E-state index contributed by atoms with van der Waals surface area (Å²) in [4.78, 5) is 15.2. The topological polar surface area (TPSA) is 44.3 Å². The molecule has 1 aliphatic rings. The van der Waals surface area contributed by atoms with Crippen LogP contribution in [0.3, 0.4) is 0 Å². The minimum atomic E-state index is 0.690. The van der Waals surface area contributed by atoms with Gasteiger partial charge in [-0.05, 0) is 40.5 Å². The van der Waals surface area contributed by atoms with Crippen LogP contribution >= 0.6 is 27.3 Å². The lowest BCUT2D eigenvalue weighted by Gasteiger charge is -2.32. The van der Waals surface area contributed by atoms with E-state index in [0.29, 0.717) is 5.95 Å². The van der Waals surface area contributed by atoms with E-state index in [4.69, 9.17) is 4.98 Å². The third kappa shape index (κ3) is 4.06. The molecule has 1 N–H and O–H groups in total. The molecule has 0 saturated carbocycles. The Bertz CT molecular complexity index is 856. The number of nitrogens with one attached hydrogen (secondary N) is 1. The molecule has 2 aromatic heterocycles. The van der Waals surface area contributed by atoms with Gasteiger partial charge in [0.05, 0.1) is 9.35 Å². The van der Waals surface area contributed by atoms with Crippen LogP contribution in [0.2, 0.25) is 0 Å². The predicted octanol–water partition coefficient (Wildman–Crippen LogP) is 3.78. The third-order valence-electron chi connectivity index (χ3n) is 4.71. The van der Waals surface area contributed by atoms with Gasteiger partial charge in [0.25, 0.3) is 0 Å². The minimum Gasteiger partial charge on any atom is -0.353 e. The van der Waals surface area contributed by atoms with E-state index in [2.05, 4.69) is 73.4 Å². The number of halogens is 1. The molecule has 136 valence electrons. The first-order chi connectivity index (χ1) is 12.7. The summed E-state index contributed by atoms with van der Waals surface area (Å²) < 4.78 is 2.20. The Labute approximate surface area is 166 Å². The Hall–Kier alpha value is -1.54. The van der Waals surface area contributed by atoms with E-state index in [0.717, 1.165) is 54.3 Å². The van der Waals surface area contributed by atoms with Crippen molar-refractivity contribution in [2.45, 2.75) is 0 Å². The molecule has 1 saturated heterocycles. The normalized spacial score (nSPS) is 16.2. The maximum absolute atomic E-state index is 4.75. The maximum Gasteiger partial charge on any atom is 0.223 e. The molecular weight excluding hydrogens is 410 g/mol. The summed E-state index contributed by atoms with van der Waals surface area (Å²) >= 11 is 5.36. The molecule has 0 atom stereocenters. The molecule has 0 bridgehead atoms. The van der Waals surface area contributed by atoms with Crippen molar-refractivity contribution in [3.05, 3.63) is 41.0 Å². The number of likely N-dealkylation sites (N-methyl/N-ethyl adjacent to an activating group) is 1. The Morgan fingerprint density at radius 1 is 1.19 bits per heavy atom. The second kappa shape index (κ2) is 8.00. The van der Waals surface area contributed by atoms with Gasteiger partial charge in [0.15, 0.2) is 0 Å². The lowest BCUT2D eigenvalue weighted by Crippen LogP contribution is -2.45. The Balaban J connectivity index is 1.44. The Morgan fingerprint density at radius 3 is 2.81 bits per heavy atom. The number of aromatic nitrogens is 2. The summed E-state index contributed by atoms with van der Waals surface area (Å²) in [6, 6.07) is 10.6. The lowest BCUT2D eigenvalue weighted by atomic mass is 10.2. The van der Waals surface area contributed by atoms with Crippen molar-refractivity contribution < 1.29 is 0 Å². The van der Waals surface area contributed by atoms with E-state index < -0.39 is 0 Å². The molecule has 0 spiro atoms. The van der Waals surface area contributed by atoms with Gasteiger partial charge in [-0.2, -0.15) is 0 Å². The van der Waals surface area contributed by atoms with E-state index in [-0.39, 0.29) is 0 Å². The number of hydrogen-bond donors (Lipinski definition) is 1. The zero-order valence-electron chi connectivity index (χ0n) is 14.8. The summed E-state index contributed by atoms with van der Waals surface area (Å²) in [5, 5.41) is 4.63. The standard InChI is InChI=1S/C19H22BrN5S/c1-24-8-10-25(11-9-24)7-6-21-19-22-13-15(20)18(23-19)17-12-14-4-2-3-5-16(14)26-17/h2-5,12-13H,6-11H2,1H3,(H,21,22,23). The second-order valence-electron chi connectivity index (χ2n) is 6.61. The van der Waals surface area contributed by atoms with Crippen molar-refractivity contribution in [2.24, 2.45) is 0 Å². The van der Waals surface area contributed by atoms with Crippen LogP contribution in [-0.2, 0) is 0 Å². The SMILES string of the molecule is CN1CCN(CCNc2ncc(Br)c(-c3cc4ccccc4s3)n2)CC1. The van der Waals surface area contributed by atoms with E-state index in [1.165, 1.54) is 10.1 Å². The number of fused-ring (bicyclic) bond motifs is 1. The van der Waals surface area contributed by atoms with Crippen LogP contribution in [0, 0.1) is 0 Å². The van der Waals surface area contributed by atoms with Crippen LogP contribution in [0.4, 0.5) is 5.95 Å². The molecule has 1 aliphatic heterocycles. The lowest BCUT2D eigenvalue weighted by molar-refractivity contribution is 0.158. The molecule has 3 aromatic rings. The number of hydrogen-bond acceptors (Lipinski definition) is 6. The molecule has 7 heteroatoms. The van der Waals surface area contributed by atoms with Gasteiger partial charge >= 0.3 is 0 Å². The van der Waals surface area contributed by atoms with Gasteiger partial charge in [0.2, 0.25) is 5.95 Å². The van der Waals surface area contributed by atoms with Crippen molar-refractivity contribution in [2.75, 3.05) is 51.6 Å². The largest absolute Gasteiger partial charge is 0.353 e.